The summed E-state index contributed by atoms with van der Waals surface area (Å²) in [6.45, 7) is 10.9. The van der Waals surface area contributed by atoms with Crippen molar-refractivity contribution in [1.82, 2.24) is 5.32 Å². The molecule has 100 valence electrons. The molecule has 3 nitrogen and oxygen atoms in total. The van der Waals surface area contributed by atoms with Crippen molar-refractivity contribution in [3.63, 3.8) is 0 Å². The van der Waals surface area contributed by atoms with Crippen molar-refractivity contribution in [3.05, 3.63) is 21.4 Å². The normalized spacial score (nSPS) is 20.3. The first-order valence-corrected chi connectivity index (χ1v) is 7.22. The Labute approximate surface area is 113 Å². The highest BCUT2D eigenvalue weighted by Crippen LogP contribution is 2.40. The molecule has 1 aromatic rings. The van der Waals surface area contributed by atoms with E-state index in [1.54, 1.807) is 11.3 Å². The molecule has 1 aliphatic rings. The minimum absolute atomic E-state index is 0.00117. The molecular formula is C14H21NO2S. The van der Waals surface area contributed by atoms with E-state index in [4.69, 9.17) is 4.74 Å². The third kappa shape index (κ3) is 2.31. The van der Waals surface area contributed by atoms with Gasteiger partial charge in [-0.15, -0.1) is 11.3 Å². The van der Waals surface area contributed by atoms with Crippen LogP contribution in [0.25, 0.3) is 0 Å². The molecule has 0 amide bonds. The summed E-state index contributed by atoms with van der Waals surface area (Å²) < 4.78 is 5.14. The molecule has 18 heavy (non-hydrogen) atoms. The van der Waals surface area contributed by atoms with Gasteiger partial charge in [0.2, 0.25) is 0 Å². The van der Waals surface area contributed by atoms with Gasteiger partial charge in [0.25, 0.3) is 0 Å². The molecule has 0 saturated heterocycles. The van der Waals surface area contributed by atoms with Gasteiger partial charge >= 0.3 is 5.97 Å². The predicted octanol–water partition coefficient (Wildman–Crippen LogP) is 3.08. The van der Waals surface area contributed by atoms with Crippen molar-refractivity contribution in [1.29, 1.82) is 0 Å². The molecule has 1 aliphatic heterocycles. The highest BCUT2D eigenvalue weighted by molar-refractivity contribution is 7.10. The second kappa shape index (κ2) is 4.35. The number of ether oxygens (including phenoxy) is 1. The van der Waals surface area contributed by atoms with E-state index < -0.39 is 0 Å². The van der Waals surface area contributed by atoms with E-state index in [1.165, 1.54) is 4.88 Å². The number of nitrogens with one attached hydrogen (secondary N) is 1. The summed E-state index contributed by atoms with van der Waals surface area (Å²) in [4.78, 5) is 13.2. The van der Waals surface area contributed by atoms with E-state index in [9.17, 15) is 4.79 Å². The van der Waals surface area contributed by atoms with Crippen molar-refractivity contribution in [3.8, 4) is 0 Å². The number of thiophene rings is 1. The fraction of sp³-hybridized carbons (Fsp3) is 0.643. The third-order valence-electron chi connectivity index (χ3n) is 3.23. The minimum atomic E-state index is -0.191. The second-order valence-corrected chi connectivity index (χ2v) is 6.87. The van der Waals surface area contributed by atoms with E-state index in [2.05, 4.69) is 33.0 Å². The van der Waals surface area contributed by atoms with Crippen LogP contribution in [0.5, 0.6) is 0 Å². The number of fused-ring (bicyclic) bond motifs is 1. The maximum Gasteiger partial charge on any atom is 0.339 e. The van der Waals surface area contributed by atoms with Crippen molar-refractivity contribution >= 4 is 17.3 Å². The van der Waals surface area contributed by atoms with Crippen LogP contribution >= 0.6 is 11.3 Å². The Hall–Kier alpha value is -0.870. The van der Waals surface area contributed by atoms with Crippen LogP contribution in [0.15, 0.2) is 5.38 Å². The fourth-order valence-electron chi connectivity index (χ4n) is 2.85. The first-order valence-electron chi connectivity index (χ1n) is 6.34. The number of hydrogen-bond acceptors (Lipinski definition) is 4. The van der Waals surface area contributed by atoms with Crippen LogP contribution in [0.1, 0.15) is 55.4 Å². The summed E-state index contributed by atoms with van der Waals surface area (Å²) in [7, 11) is 0. The molecule has 0 bridgehead atoms. The first kappa shape index (κ1) is 13.6. The van der Waals surface area contributed by atoms with Gasteiger partial charge in [0.15, 0.2) is 0 Å². The van der Waals surface area contributed by atoms with Gasteiger partial charge in [-0.25, -0.2) is 4.79 Å². The minimum Gasteiger partial charge on any atom is -0.462 e. The van der Waals surface area contributed by atoms with Crippen LogP contribution in [0.2, 0.25) is 0 Å². The Morgan fingerprint density at radius 2 is 2.11 bits per heavy atom. The van der Waals surface area contributed by atoms with Gasteiger partial charge in [-0.3, -0.25) is 0 Å². The molecule has 0 atom stereocenters. The third-order valence-corrected chi connectivity index (χ3v) is 4.57. The Morgan fingerprint density at radius 3 is 2.72 bits per heavy atom. The number of carbonyl (C=O) groups is 1. The SMILES string of the molecule is CCOC(=O)c1csc2c1CC(C)(C)NC2(C)C. The van der Waals surface area contributed by atoms with E-state index in [-0.39, 0.29) is 17.0 Å². The predicted molar refractivity (Wildman–Crippen MR) is 74.2 cm³/mol. The fourth-order valence-corrected chi connectivity index (χ4v) is 4.00. The maximum atomic E-state index is 12.0. The molecule has 0 fully saturated rings. The van der Waals surface area contributed by atoms with Gasteiger partial charge in [0, 0.05) is 21.3 Å². The monoisotopic (exact) mass is 267 g/mol. The zero-order valence-corrected chi connectivity index (χ0v) is 12.5. The molecular weight excluding hydrogens is 246 g/mol. The van der Waals surface area contributed by atoms with Crippen molar-refractivity contribution in [2.75, 3.05) is 6.61 Å². The molecule has 0 spiro atoms. The molecule has 1 aromatic heterocycles. The van der Waals surface area contributed by atoms with Gasteiger partial charge in [-0.1, -0.05) is 0 Å². The molecule has 0 aliphatic carbocycles. The van der Waals surface area contributed by atoms with Crippen LogP contribution in [-0.2, 0) is 16.7 Å². The van der Waals surface area contributed by atoms with Gasteiger partial charge in [0.1, 0.15) is 0 Å². The van der Waals surface area contributed by atoms with E-state index in [0.29, 0.717) is 6.61 Å². The van der Waals surface area contributed by atoms with Crippen LogP contribution in [0, 0.1) is 0 Å². The van der Waals surface area contributed by atoms with Crippen LogP contribution < -0.4 is 5.32 Å². The molecule has 2 heterocycles. The van der Waals surface area contributed by atoms with Crippen LogP contribution in [0.3, 0.4) is 0 Å². The highest BCUT2D eigenvalue weighted by Gasteiger charge is 2.39. The number of carbonyl (C=O) groups excluding carboxylic acids is 1. The average molecular weight is 267 g/mol. The topological polar surface area (TPSA) is 38.3 Å². The standard InChI is InChI=1S/C14H21NO2S/c1-6-17-12(16)10-8-18-11-9(10)7-13(2,3)15-14(11,4)5/h8,15H,6-7H2,1-5H3. The summed E-state index contributed by atoms with van der Waals surface area (Å²) in [5.41, 5.74) is 1.82. The van der Waals surface area contributed by atoms with Crippen molar-refractivity contribution < 1.29 is 9.53 Å². The van der Waals surface area contributed by atoms with Crippen molar-refractivity contribution in [2.45, 2.75) is 52.1 Å². The lowest BCUT2D eigenvalue weighted by atomic mass is 9.81. The highest BCUT2D eigenvalue weighted by atomic mass is 32.1. The average Bonchev–Trinajstić information content (AvgIpc) is 2.59. The zero-order chi connectivity index (χ0) is 13.6. The van der Waals surface area contributed by atoms with Gasteiger partial charge < -0.3 is 10.1 Å². The molecule has 4 heteroatoms. The zero-order valence-electron chi connectivity index (χ0n) is 11.7. The van der Waals surface area contributed by atoms with Gasteiger partial charge in [0.05, 0.1) is 12.2 Å². The Kier molecular flexibility index (Phi) is 3.28. The maximum absolute atomic E-state index is 12.0. The number of hydrogen-bond donors (Lipinski definition) is 1. The molecule has 0 aromatic carbocycles. The summed E-state index contributed by atoms with van der Waals surface area (Å²) in [5.74, 6) is -0.191. The van der Waals surface area contributed by atoms with E-state index in [1.807, 2.05) is 12.3 Å². The Balaban J connectivity index is 2.46. The summed E-state index contributed by atoms with van der Waals surface area (Å²) >= 11 is 1.65. The lowest BCUT2D eigenvalue weighted by molar-refractivity contribution is 0.0524. The Bertz CT molecular complexity index is 474. The summed E-state index contributed by atoms with van der Waals surface area (Å²) in [6, 6.07) is 0. The second-order valence-electron chi connectivity index (χ2n) is 5.99. The van der Waals surface area contributed by atoms with E-state index >= 15 is 0 Å². The van der Waals surface area contributed by atoms with Crippen molar-refractivity contribution in [2.24, 2.45) is 0 Å². The largest absolute Gasteiger partial charge is 0.462 e. The van der Waals surface area contributed by atoms with Gasteiger partial charge in [-0.05, 0) is 46.6 Å². The lowest BCUT2D eigenvalue weighted by Crippen LogP contribution is -2.55. The smallest absolute Gasteiger partial charge is 0.339 e. The Morgan fingerprint density at radius 1 is 1.44 bits per heavy atom. The number of rotatable bonds is 2. The number of esters is 1. The molecule has 0 unspecified atom stereocenters. The summed E-state index contributed by atoms with van der Waals surface area (Å²) in [5, 5.41) is 5.57. The lowest BCUT2D eigenvalue weighted by Gasteiger charge is -2.42. The quantitative estimate of drug-likeness (QED) is 0.837. The van der Waals surface area contributed by atoms with Crippen LogP contribution in [0.4, 0.5) is 0 Å². The first-order chi connectivity index (χ1) is 8.27. The summed E-state index contributed by atoms with van der Waals surface area (Å²) in [6.07, 6.45) is 0.864. The van der Waals surface area contributed by atoms with Crippen LogP contribution in [-0.4, -0.2) is 18.1 Å². The molecule has 2 rings (SSSR count). The van der Waals surface area contributed by atoms with E-state index in [0.717, 1.165) is 17.5 Å². The molecule has 0 saturated carbocycles. The van der Waals surface area contributed by atoms with Gasteiger partial charge in [-0.2, -0.15) is 0 Å². The molecule has 1 N–H and O–H groups in total. The molecule has 0 radical (unpaired) electrons.